The number of ether oxygens (including phenoxy) is 1. The van der Waals surface area contributed by atoms with Crippen LogP contribution in [0.25, 0.3) is 0 Å². The highest BCUT2D eigenvalue weighted by Crippen LogP contribution is 2.16. The van der Waals surface area contributed by atoms with Crippen LogP contribution in [0.15, 0.2) is 29.6 Å². The monoisotopic (exact) mass is 401 g/mol. The largest absolute Gasteiger partial charge is 0.464 e. The summed E-state index contributed by atoms with van der Waals surface area (Å²) in [6.45, 7) is 2.22. The summed E-state index contributed by atoms with van der Waals surface area (Å²) < 4.78 is 4.57. The first-order chi connectivity index (χ1) is 13.5. The van der Waals surface area contributed by atoms with Crippen LogP contribution in [0, 0.1) is 0 Å². The molecule has 1 heterocycles. The molecular formula is C22H27NO4S. The van der Waals surface area contributed by atoms with Crippen molar-refractivity contribution in [3.63, 3.8) is 0 Å². The topological polar surface area (TPSA) is 73.3 Å². The number of rotatable bonds is 12. The highest BCUT2D eigenvalue weighted by atomic mass is 32.1. The molecule has 2 rings (SSSR count). The Labute approximate surface area is 170 Å². The Morgan fingerprint density at radius 2 is 1.64 bits per heavy atom. The zero-order valence-electron chi connectivity index (χ0n) is 16.5. The SMILES string of the molecule is CCCCCCCCc1ccc(C(=O)CC(=O)c2nc(C(=O)OC)cs2)cc1. The van der Waals surface area contributed by atoms with Crippen LogP contribution in [-0.4, -0.2) is 29.6 Å². The van der Waals surface area contributed by atoms with E-state index in [1.165, 1.54) is 50.2 Å². The van der Waals surface area contributed by atoms with Gasteiger partial charge in [0.2, 0.25) is 0 Å². The molecule has 0 aliphatic heterocycles. The van der Waals surface area contributed by atoms with Crippen molar-refractivity contribution < 1.29 is 19.1 Å². The van der Waals surface area contributed by atoms with Crippen molar-refractivity contribution >= 4 is 28.9 Å². The molecule has 5 nitrogen and oxygen atoms in total. The minimum atomic E-state index is -0.595. The van der Waals surface area contributed by atoms with Gasteiger partial charge in [0.25, 0.3) is 0 Å². The van der Waals surface area contributed by atoms with Crippen LogP contribution in [0.4, 0.5) is 0 Å². The number of hydrogen-bond acceptors (Lipinski definition) is 6. The van der Waals surface area contributed by atoms with E-state index in [0.29, 0.717) is 5.56 Å². The van der Waals surface area contributed by atoms with E-state index in [1.54, 1.807) is 12.1 Å². The molecule has 28 heavy (non-hydrogen) atoms. The smallest absolute Gasteiger partial charge is 0.357 e. The van der Waals surface area contributed by atoms with Gasteiger partial charge in [-0.15, -0.1) is 11.3 Å². The first-order valence-corrected chi connectivity index (χ1v) is 10.6. The summed E-state index contributed by atoms with van der Waals surface area (Å²) in [6.07, 6.45) is 8.28. The molecule has 0 unspecified atom stereocenters. The predicted molar refractivity (Wildman–Crippen MR) is 110 cm³/mol. The van der Waals surface area contributed by atoms with Crippen molar-refractivity contribution in [2.75, 3.05) is 7.11 Å². The number of aryl methyl sites for hydroxylation is 1. The van der Waals surface area contributed by atoms with Gasteiger partial charge in [0.05, 0.1) is 13.5 Å². The third-order valence-electron chi connectivity index (χ3n) is 4.55. The molecule has 0 aliphatic rings. The molecule has 0 amide bonds. The molecule has 1 aromatic carbocycles. The lowest BCUT2D eigenvalue weighted by Crippen LogP contribution is -2.09. The maximum absolute atomic E-state index is 12.4. The van der Waals surface area contributed by atoms with Gasteiger partial charge in [-0.2, -0.15) is 0 Å². The van der Waals surface area contributed by atoms with Gasteiger partial charge < -0.3 is 4.74 Å². The molecule has 0 fully saturated rings. The Morgan fingerprint density at radius 3 is 2.32 bits per heavy atom. The van der Waals surface area contributed by atoms with Gasteiger partial charge in [-0.3, -0.25) is 9.59 Å². The molecule has 0 aliphatic carbocycles. The Bertz CT molecular complexity index is 795. The summed E-state index contributed by atoms with van der Waals surface area (Å²) in [6, 6.07) is 7.48. The van der Waals surface area contributed by atoms with Crippen LogP contribution >= 0.6 is 11.3 Å². The number of carbonyl (C=O) groups is 3. The van der Waals surface area contributed by atoms with Gasteiger partial charge >= 0.3 is 5.97 Å². The summed E-state index contributed by atoms with van der Waals surface area (Å²) in [5.41, 5.74) is 1.81. The molecule has 1 aromatic heterocycles. The standard InChI is InChI=1S/C22H27NO4S/c1-3-4-5-6-7-8-9-16-10-12-17(13-11-16)19(24)14-20(25)21-23-18(15-28-21)22(26)27-2/h10-13,15H,3-9,14H2,1-2H3. The Hall–Kier alpha value is -2.34. The number of nitrogens with zero attached hydrogens (tertiary/aromatic N) is 1. The molecule has 0 atom stereocenters. The number of hydrogen-bond donors (Lipinski definition) is 0. The van der Waals surface area contributed by atoms with Gasteiger partial charge in [0, 0.05) is 10.9 Å². The second-order valence-corrected chi connectivity index (χ2v) is 7.63. The fourth-order valence-electron chi connectivity index (χ4n) is 2.89. The number of Topliss-reactive ketones (excluding diaryl/α,β-unsaturated/α-hetero) is 2. The lowest BCUT2D eigenvalue weighted by Gasteiger charge is -2.04. The number of thiazole rings is 1. The average Bonchev–Trinajstić information content (AvgIpc) is 3.21. The number of benzene rings is 1. The third-order valence-corrected chi connectivity index (χ3v) is 5.44. The third kappa shape index (κ3) is 6.68. The number of methoxy groups -OCH3 is 1. The summed E-state index contributed by atoms with van der Waals surface area (Å²) in [5, 5.41) is 1.61. The summed E-state index contributed by atoms with van der Waals surface area (Å²) in [7, 11) is 1.25. The number of carbonyl (C=O) groups excluding carboxylic acids is 3. The normalized spacial score (nSPS) is 10.6. The summed E-state index contributed by atoms with van der Waals surface area (Å²) in [5.74, 6) is -1.23. The molecule has 0 saturated heterocycles. The van der Waals surface area contributed by atoms with Crippen LogP contribution in [0.1, 0.15) is 88.1 Å². The van der Waals surface area contributed by atoms with Crippen molar-refractivity contribution in [1.29, 1.82) is 0 Å². The lowest BCUT2D eigenvalue weighted by atomic mass is 10.0. The molecule has 0 spiro atoms. The highest BCUT2D eigenvalue weighted by Gasteiger charge is 2.19. The molecule has 0 N–H and O–H groups in total. The molecule has 150 valence electrons. The van der Waals surface area contributed by atoms with Gasteiger partial charge in [0.1, 0.15) is 0 Å². The van der Waals surface area contributed by atoms with E-state index in [-0.39, 0.29) is 28.7 Å². The van der Waals surface area contributed by atoms with Crippen LogP contribution in [0.5, 0.6) is 0 Å². The van der Waals surface area contributed by atoms with Gasteiger partial charge in [-0.1, -0.05) is 63.3 Å². The highest BCUT2D eigenvalue weighted by molar-refractivity contribution is 7.12. The Morgan fingerprint density at radius 1 is 0.964 bits per heavy atom. The second kappa shape index (κ2) is 11.5. The molecule has 0 bridgehead atoms. The van der Waals surface area contributed by atoms with Crippen molar-refractivity contribution in [3.05, 3.63) is 51.5 Å². The minimum absolute atomic E-state index is 0.0855. The zero-order valence-corrected chi connectivity index (χ0v) is 17.3. The predicted octanol–water partition coefficient (Wildman–Crippen LogP) is 5.29. The van der Waals surface area contributed by atoms with Gasteiger partial charge in [0.15, 0.2) is 22.3 Å². The number of esters is 1. The Kier molecular flexibility index (Phi) is 9.01. The minimum Gasteiger partial charge on any atom is -0.464 e. The van der Waals surface area contributed by atoms with Crippen LogP contribution in [0.2, 0.25) is 0 Å². The maximum atomic E-state index is 12.4. The van der Waals surface area contributed by atoms with Crippen LogP contribution in [0.3, 0.4) is 0 Å². The average molecular weight is 402 g/mol. The van der Waals surface area contributed by atoms with Crippen molar-refractivity contribution in [3.8, 4) is 0 Å². The fourth-order valence-corrected chi connectivity index (χ4v) is 3.62. The summed E-state index contributed by atoms with van der Waals surface area (Å²) >= 11 is 1.04. The lowest BCUT2D eigenvalue weighted by molar-refractivity contribution is 0.0595. The first-order valence-electron chi connectivity index (χ1n) is 9.74. The van der Waals surface area contributed by atoms with E-state index in [9.17, 15) is 14.4 Å². The molecule has 6 heteroatoms. The molecule has 2 aromatic rings. The number of ketones is 2. The summed E-state index contributed by atoms with van der Waals surface area (Å²) in [4.78, 5) is 40.0. The number of unbranched alkanes of at least 4 members (excludes halogenated alkanes) is 5. The van der Waals surface area contributed by atoms with Crippen molar-refractivity contribution in [1.82, 2.24) is 4.98 Å². The zero-order chi connectivity index (χ0) is 20.4. The van der Waals surface area contributed by atoms with Crippen molar-refractivity contribution in [2.24, 2.45) is 0 Å². The van der Waals surface area contributed by atoms with E-state index in [1.807, 2.05) is 12.1 Å². The maximum Gasteiger partial charge on any atom is 0.357 e. The second-order valence-electron chi connectivity index (χ2n) is 6.77. The number of aromatic nitrogens is 1. The van der Waals surface area contributed by atoms with Crippen molar-refractivity contribution in [2.45, 2.75) is 58.3 Å². The molecule has 0 saturated carbocycles. The Balaban J connectivity index is 1.82. The van der Waals surface area contributed by atoms with Crippen LogP contribution in [-0.2, 0) is 11.2 Å². The molecular weight excluding hydrogens is 374 g/mol. The first kappa shape index (κ1) is 22.0. The van der Waals surface area contributed by atoms with Crippen LogP contribution < -0.4 is 0 Å². The van der Waals surface area contributed by atoms with E-state index in [4.69, 9.17) is 0 Å². The molecule has 0 radical (unpaired) electrons. The van der Waals surface area contributed by atoms with E-state index >= 15 is 0 Å². The van der Waals surface area contributed by atoms with E-state index in [2.05, 4.69) is 16.6 Å². The van der Waals surface area contributed by atoms with E-state index < -0.39 is 5.97 Å². The van der Waals surface area contributed by atoms with Gasteiger partial charge in [-0.05, 0) is 18.4 Å². The van der Waals surface area contributed by atoms with Gasteiger partial charge in [-0.25, -0.2) is 9.78 Å². The fraction of sp³-hybridized carbons (Fsp3) is 0.455. The van der Waals surface area contributed by atoms with E-state index in [0.717, 1.165) is 24.2 Å². The quantitative estimate of drug-likeness (QED) is 0.209.